The molecular weight excluding hydrogens is 1070 g/mol. The molecule has 10 aliphatic rings. The van der Waals surface area contributed by atoms with Crippen LogP contribution >= 0.6 is 11.6 Å². The Labute approximate surface area is 472 Å². The number of nitrogens with zero attached hydrogens (tertiary/aromatic N) is 1. The van der Waals surface area contributed by atoms with Crippen LogP contribution in [0.5, 0.6) is 0 Å². The number of piperidine rings is 1. The number of hydrogen-bond donors (Lipinski definition) is 2. The summed E-state index contributed by atoms with van der Waals surface area (Å²) in [5.74, 6) is 0.329. The molecule has 4 bridgehead atoms. The molecule has 7 aliphatic carbocycles. The first-order valence-corrected chi connectivity index (χ1v) is 28.1. The lowest BCUT2D eigenvalue weighted by molar-refractivity contribution is -0.199. The van der Waals surface area contributed by atoms with E-state index in [1.54, 1.807) is 4.90 Å². The maximum absolute atomic E-state index is 13.1. The van der Waals surface area contributed by atoms with Gasteiger partial charge in [-0.3, -0.25) is 9.59 Å². The highest BCUT2D eigenvalue weighted by atomic mass is 35.5. The normalized spacial score (nSPS) is 30.5. The highest BCUT2D eigenvalue weighted by molar-refractivity contribution is 6.66. The Bertz CT molecular complexity index is 2540. The standard InChI is InChI=1S/C28H36BF3N2O5.C26H35BF3NO4.C3H3ClO.CH4/c1-5-24(35)34-12-6-7-20(16-34)37-25(36)33-23(13-17-8-10-18(11-9-17)28(30,31)32)29-38-22-15-19-14-21(26(19,2)3)27(22,4)39-29;1-24(2)18-14-20(24)25(3)21(15-18)34-27(35-25)22(31-23(32)33-19-7-5-4-6-8-19)13-16-9-11-17(12-10-16)26(28,29)30;1-2-3(4)5;/h5,8-11,19-23H,1,6-7,12-16H2,2-4H3,(H,33,36);9-12,18-22H,4-8,13-15H2,1-3H3,(H,31,32);2H,1H2;1H4/t19-,20-,21-,22+,23-,27-;18-,20-,21+,22-,25-;;/m00../s1. The Morgan fingerprint density at radius 2 is 1.06 bits per heavy atom. The maximum atomic E-state index is 13.1. The minimum absolute atomic E-state index is 0. The van der Waals surface area contributed by atoms with Crippen molar-refractivity contribution >= 4 is 49.2 Å². The summed E-state index contributed by atoms with van der Waals surface area (Å²) >= 11 is 4.71. The Morgan fingerprint density at radius 1 is 0.662 bits per heavy atom. The van der Waals surface area contributed by atoms with E-state index in [1.165, 1.54) is 30.3 Å². The zero-order valence-electron chi connectivity index (χ0n) is 45.9. The zero-order chi connectivity index (χ0) is 57.5. The van der Waals surface area contributed by atoms with E-state index in [1.807, 2.05) is 0 Å². The number of amides is 3. The first kappa shape index (κ1) is 63.0. The van der Waals surface area contributed by atoms with Crippen LogP contribution < -0.4 is 10.6 Å². The number of alkyl carbamates (subject to hydrolysis) is 2. The van der Waals surface area contributed by atoms with E-state index < -0.39 is 84.3 Å². The van der Waals surface area contributed by atoms with Crippen molar-refractivity contribution in [1.29, 1.82) is 0 Å². The van der Waals surface area contributed by atoms with Crippen molar-refractivity contribution in [2.45, 2.75) is 192 Å². The van der Waals surface area contributed by atoms with Gasteiger partial charge in [-0.2, -0.15) is 26.3 Å². The summed E-state index contributed by atoms with van der Waals surface area (Å²) in [7, 11) is -1.48. The fraction of sp³-hybridized carbons (Fsp3) is 0.655. The van der Waals surface area contributed by atoms with E-state index in [0.29, 0.717) is 54.2 Å². The summed E-state index contributed by atoms with van der Waals surface area (Å²) in [4.78, 5) is 49.0. The molecule has 440 valence electrons. The molecule has 10 fully saturated rings. The molecule has 2 N–H and O–H groups in total. The molecule has 0 radical (unpaired) electrons. The number of rotatable bonds is 12. The Hall–Kier alpha value is -4.56. The van der Waals surface area contributed by atoms with Crippen molar-refractivity contribution in [3.05, 3.63) is 96.1 Å². The molecule has 22 heteroatoms. The van der Waals surface area contributed by atoms with Crippen molar-refractivity contribution in [2.75, 3.05) is 13.1 Å². The lowest BCUT2D eigenvalue weighted by Crippen LogP contribution is -2.65. The van der Waals surface area contributed by atoms with Crippen LogP contribution in [0.3, 0.4) is 0 Å². The Morgan fingerprint density at radius 3 is 1.44 bits per heavy atom. The van der Waals surface area contributed by atoms with E-state index in [9.17, 15) is 45.5 Å². The predicted molar refractivity (Wildman–Crippen MR) is 292 cm³/mol. The number of ether oxygens (including phenoxy) is 2. The van der Waals surface area contributed by atoms with Crippen molar-refractivity contribution in [2.24, 2.45) is 34.5 Å². The molecule has 3 aliphatic heterocycles. The largest absolute Gasteiger partial charge is 0.482 e. The number of hydrogen-bond acceptors (Lipinski definition) is 10. The highest BCUT2D eigenvalue weighted by Crippen LogP contribution is 2.67. The summed E-state index contributed by atoms with van der Waals surface area (Å²) < 4.78 is 116. The molecule has 0 unspecified atom stereocenters. The van der Waals surface area contributed by atoms with Gasteiger partial charge in [-0.05, 0) is 185 Å². The molecule has 3 amide bonds. The van der Waals surface area contributed by atoms with Crippen LogP contribution in [0.1, 0.15) is 142 Å². The molecular formula is C58H78B2ClF6N3O10. The van der Waals surface area contributed by atoms with Crippen LogP contribution in [-0.2, 0) is 62.9 Å². The Balaban J connectivity index is 0.000000212. The second kappa shape index (κ2) is 24.7. The third-order valence-electron chi connectivity index (χ3n) is 18.8. The second-order valence-corrected chi connectivity index (χ2v) is 24.7. The van der Waals surface area contributed by atoms with E-state index in [-0.39, 0.29) is 61.9 Å². The zero-order valence-corrected chi connectivity index (χ0v) is 46.7. The van der Waals surface area contributed by atoms with Gasteiger partial charge in [-0.25, -0.2) is 9.59 Å². The number of likely N-dealkylation sites (tertiary alicyclic amines) is 1. The number of alkyl halides is 6. The lowest BCUT2D eigenvalue weighted by atomic mass is 9.43. The van der Waals surface area contributed by atoms with Crippen molar-refractivity contribution in [1.82, 2.24) is 15.5 Å². The van der Waals surface area contributed by atoms with E-state index in [2.05, 4.69) is 65.3 Å². The average Bonchev–Trinajstić information content (AvgIpc) is 3.07. The molecule has 2 aromatic rings. The summed E-state index contributed by atoms with van der Waals surface area (Å²) in [5.41, 5.74) is -0.813. The van der Waals surface area contributed by atoms with Crippen LogP contribution in [0, 0.1) is 34.5 Å². The van der Waals surface area contributed by atoms with Gasteiger partial charge in [0.2, 0.25) is 11.1 Å². The van der Waals surface area contributed by atoms with Crippen LogP contribution in [0.4, 0.5) is 35.9 Å². The van der Waals surface area contributed by atoms with Gasteiger partial charge < -0.3 is 43.6 Å². The predicted octanol–water partition coefficient (Wildman–Crippen LogP) is 12.3. The SMILES string of the molecule is C.C=CC(=O)Cl.C=CC(=O)N1CCC[C@H](OC(=O)N[C@@H](Cc2ccc(C(F)(F)F)cc2)B2O[C@@H]3C[C@@H]4C[C@@H](C4(C)C)[C@]3(C)O2)C1.CC1(C)[C@@H]2C[C@H]3OB([C@H](Cc4ccc(C(F)(F)F)cc4)NC(=O)OC4CCCCC4)O[C@@]3(C)[C@H]1C2. The molecule has 0 spiro atoms. The average molecular weight is 1150 g/mol. The summed E-state index contributed by atoms with van der Waals surface area (Å²) in [6.07, 6.45) is 2.18. The molecule has 12 rings (SSSR count). The number of benzene rings is 2. The van der Waals surface area contributed by atoms with Gasteiger partial charge in [0, 0.05) is 6.54 Å². The molecule has 13 nitrogen and oxygen atoms in total. The fourth-order valence-electron chi connectivity index (χ4n) is 14.0. The molecule has 0 aromatic heterocycles. The van der Waals surface area contributed by atoms with Crippen molar-refractivity contribution < 1.29 is 73.6 Å². The van der Waals surface area contributed by atoms with Crippen LogP contribution in [0.2, 0.25) is 0 Å². The third-order valence-corrected chi connectivity index (χ3v) is 19.0. The summed E-state index contributed by atoms with van der Waals surface area (Å²) in [6, 6.07) is 9.93. The van der Waals surface area contributed by atoms with Gasteiger partial charge in [-0.1, -0.05) is 79.0 Å². The topological polar surface area (TPSA) is 151 Å². The first-order valence-electron chi connectivity index (χ1n) is 27.7. The fourth-order valence-corrected chi connectivity index (χ4v) is 14.0. The monoisotopic (exact) mass is 1150 g/mol. The van der Waals surface area contributed by atoms with Crippen LogP contribution in [-0.4, -0.2) is 103 Å². The quantitative estimate of drug-likeness (QED) is 0.0910. The molecule has 2 aromatic carbocycles. The number of nitrogens with one attached hydrogen (secondary N) is 2. The third kappa shape index (κ3) is 13.7. The number of halogens is 7. The summed E-state index contributed by atoms with van der Waals surface area (Å²) in [5, 5.41) is 5.31. The van der Waals surface area contributed by atoms with Crippen LogP contribution in [0.25, 0.3) is 0 Å². The van der Waals surface area contributed by atoms with Gasteiger partial charge in [0.15, 0.2) is 0 Å². The molecule has 7 saturated carbocycles. The van der Waals surface area contributed by atoms with Gasteiger partial charge in [0.1, 0.15) is 12.2 Å². The lowest BCUT2D eigenvalue weighted by Gasteiger charge is -2.64. The van der Waals surface area contributed by atoms with E-state index in [0.717, 1.165) is 88.1 Å². The molecule has 3 saturated heterocycles. The summed E-state index contributed by atoms with van der Waals surface area (Å²) in [6.45, 7) is 20.7. The number of carbonyl (C=O) groups is 4. The minimum Gasteiger partial charge on any atom is -0.446 e. The smallest absolute Gasteiger partial charge is 0.446 e. The highest BCUT2D eigenvalue weighted by Gasteiger charge is 2.70. The second-order valence-electron chi connectivity index (χ2n) is 24.3. The molecule has 11 atom stereocenters. The van der Waals surface area contributed by atoms with Crippen molar-refractivity contribution in [3.63, 3.8) is 0 Å². The first-order chi connectivity index (χ1) is 37.0. The number of carbonyl (C=O) groups excluding carboxylic acids is 4. The van der Waals surface area contributed by atoms with Crippen molar-refractivity contribution in [3.8, 4) is 0 Å². The molecule has 3 heterocycles. The van der Waals surface area contributed by atoms with E-state index >= 15 is 0 Å². The maximum Gasteiger partial charge on any atom is 0.482 e. The van der Waals surface area contributed by atoms with Gasteiger partial charge >= 0.3 is 38.8 Å². The van der Waals surface area contributed by atoms with Gasteiger partial charge in [-0.15, -0.1) is 0 Å². The van der Waals surface area contributed by atoms with Crippen LogP contribution in [0.15, 0.2) is 73.8 Å². The minimum atomic E-state index is -4.43. The molecule has 80 heavy (non-hydrogen) atoms. The van der Waals surface area contributed by atoms with Gasteiger partial charge in [0.05, 0.1) is 53.0 Å². The number of allylic oxidation sites excluding steroid dienone is 1. The van der Waals surface area contributed by atoms with E-state index in [4.69, 9.17) is 39.7 Å². The Kier molecular flexibility index (Phi) is 19.5. The van der Waals surface area contributed by atoms with Gasteiger partial charge in [0.25, 0.3) is 0 Å².